The van der Waals surface area contributed by atoms with Gasteiger partial charge in [-0.15, -0.1) is 0 Å². The molecule has 4 radical (unpaired) electrons. The second kappa shape index (κ2) is 22.3. The minimum Gasteiger partial charge on any atom is -0.387 e. The lowest BCUT2D eigenvalue weighted by Crippen LogP contribution is -2.46. The van der Waals surface area contributed by atoms with Crippen LogP contribution in [0.15, 0.2) is 47.6 Å². The van der Waals surface area contributed by atoms with Gasteiger partial charge in [-0.05, 0) is 18.7 Å². The maximum atomic E-state index is 13.6. The fourth-order valence-electron chi connectivity index (χ4n) is 12.1. The van der Waals surface area contributed by atoms with Gasteiger partial charge in [0.2, 0.25) is 21.1 Å². The van der Waals surface area contributed by atoms with E-state index in [2.05, 4.69) is 59.8 Å². The number of nitrogens with one attached hydrogen (secondary N) is 2. The fraction of sp³-hybridized carbons (Fsp3) is 0.535. The first-order chi connectivity index (χ1) is 43.7. The summed E-state index contributed by atoms with van der Waals surface area (Å²) in [5.41, 5.74) is 14.3. The van der Waals surface area contributed by atoms with Crippen molar-refractivity contribution in [1.29, 1.82) is 0 Å². The largest absolute Gasteiger partial charge is 0.472 e. The van der Waals surface area contributed by atoms with Crippen LogP contribution >= 0.6 is 29.5 Å². The number of H-pyrrole nitrogens is 2. The number of nitrogens with zero attached hydrogens (tertiary/aromatic N) is 14. The third-order valence-electron chi connectivity index (χ3n) is 16.3. The number of aliphatic hydroxyl groups excluding tert-OH is 2. The van der Waals surface area contributed by atoms with Gasteiger partial charge >= 0.3 is 14.5 Å². The Balaban J connectivity index is 0.000000153. The summed E-state index contributed by atoms with van der Waals surface area (Å²) in [7, 11) is -1.93. The van der Waals surface area contributed by atoms with E-state index in [1.165, 1.54) is 49.9 Å². The maximum absolute atomic E-state index is 13.6. The van der Waals surface area contributed by atoms with Gasteiger partial charge in [-0.1, -0.05) is 0 Å². The topological polar surface area (TPSA) is 554 Å². The number of ether oxygens (including phenoxy) is 6. The second-order valence-corrected chi connectivity index (χ2v) is 29.4. The molecule has 0 aliphatic carbocycles. The summed E-state index contributed by atoms with van der Waals surface area (Å²) >= 11 is 5.36. The van der Waals surface area contributed by atoms with Crippen molar-refractivity contribution in [3.63, 3.8) is 0 Å². The molecule has 20 atom stereocenters. The van der Waals surface area contributed by atoms with E-state index in [4.69, 9.17) is 109 Å². The molecule has 0 spiro atoms. The molecule has 49 heteroatoms. The Morgan fingerprint density at radius 2 is 1.01 bits per heavy atom. The molecule has 8 aliphatic heterocycles. The van der Waals surface area contributed by atoms with Crippen LogP contribution in [0.4, 0.5) is 17.6 Å². The second-order valence-electron chi connectivity index (χ2n) is 22.1. The predicted octanol–water partition coefficient (Wildman–Crippen LogP) is -2.67. The number of nitrogens with two attached hydrogens (primary N) is 3. The van der Waals surface area contributed by atoms with Gasteiger partial charge in [0.1, 0.15) is 102 Å². The summed E-state index contributed by atoms with van der Waals surface area (Å²) < 4.78 is 128. The molecule has 8 aromatic heterocycles. The molecule has 0 saturated carbocycles. The number of hydrogen-bond acceptors (Lipinski definition) is 35. The number of rotatable bonds is 4. The molecule has 42 nitrogen and oxygen atoms in total. The first-order valence-electron chi connectivity index (χ1n) is 27.2. The number of aromatic amines is 2. The number of aromatic nitrogens is 16. The molecule has 16 heterocycles. The normalized spacial score (nSPS) is 39.7. The molecule has 12 N–H and O–H groups in total. The number of aliphatic hydroxyl groups is 2. The maximum Gasteiger partial charge on any atom is 0.472 e. The highest BCUT2D eigenvalue weighted by Gasteiger charge is 2.67. The van der Waals surface area contributed by atoms with E-state index in [1.54, 1.807) is 6.92 Å². The standard InChI is InChI=1S/C22H24BN9O11P2S.C21H23BN10O12P2/c1-8-29-18-11(19(34)30-8)28-7-32(18)20-13-12(33)9(40-20)2-38-44(23,35)43-15-14-21(31-6-27-10-16(24)25-5-26-17(10)31)41-22(15,3-37-14)4-39-45(36,46)42-13;22-45(35)39-1-7-10(33)11(18(41-7)32-6-28-9-16(32)29-20(24)30-17(9)34)43-46(36,37)40-3-21-2-38-12(13(21)44-45)19(42-21)31-5-27-8-14(23)25-4-26-15(8)31/h5-7,9,12-15,20-21,33H,2-4H2,1H3,(H,36,46)(H2,24,25,26)(H,29,30,34);4-7,10-13,18-19,33H,1-3H2,(H,36,37)(H2,23,25,26)(H3,24,29,30,34)/t9?,12?,13?,14?,15?,20?,21?,22?,44-,45?;7?,10?,11?,12?,13?,18?,19?,21?,45-/m11/s1. The van der Waals surface area contributed by atoms with E-state index in [1.807, 2.05) is 0 Å². The molecular weight excluding hydrogens is 1330 g/mol. The quantitative estimate of drug-likeness (QED) is 0.0641. The number of phosphoric acid groups is 1. The molecule has 18 unspecified atom stereocenters. The summed E-state index contributed by atoms with van der Waals surface area (Å²) in [5.74, 6) is 0.285. The molecule has 92 heavy (non-hydrogen) atoms. The van der Waals surface area contributed by atoms with Crippen LogP contribution in [0.2, 0.25) is 0 Å². The minimum absolute atomic E-state index is 0.00947. The number of phosphoric ester groups is 1. The molecule has 8 fully saturated rings. The number of nitrogen functional groups attached to an aromatic ring is 3. The van der Waals surface area contributed by atoms with Crippen LogP contribution in [0.25, 0.3) is 44.7 Å². The van der Waals surface area contributed by atoms with Gasteiger partial charge < -0.3 is 93.2 Å². The Hall–Kier alpha value is -6.05. The summed E-state index contributed by atoms with van der Waals surface area (Å²) in [4.78, 5) is 93.1. The molecule has 8 aliphatic rings. The van der Waals surface area contributed by atoms with Crippen LogP contribution in [0, 0.1) is 6.92 Å². The fourth-order valence-corrected chi connectivity index (χ4v) is 16.6. The third kappa shape index (κ3) is 10.6. The molecule has 0 aromatic carbocycles. The Morgan fingerprint density at radius 1 is 0.565 bits per heavy atom. The lowest BCUT2D eigenvalue weighted by molar-refractivity contribution is -0.184. The smallest absolute Gasteiger partial charge is 0.387 e. The van der Waals surface area contributed by atoms with Crippen LogP contribution < -0.4 is 28.3 Å². The van der Waals surface area contributed by atoms with Crippen molar-refractivity contribution in [3.05, 3.63) is 64.5 Å². The Morgan fingerprint density at radius 3 is 1.52 bits per heavy atom. The molecule has 0 amide bonds. The van der Waals surface area contributed by atoms with Crippen LogP contribution in [0.1, 0.15) is 30.7 Å². The van der Waals surface area contributed by atoms with Crippen molar-refractivity contribution in [3.8, 4) is 0 Å². The van der Waals surface area contributed by atoms with Crippen molar-refractivity contribution in [2.75, 3.05) is 56.8 Å². The number of anilines is 3. The zero-order chi connectivity index (χ0) is 64.3. The predicted molar refractivity (Wildman–Crippen MR) is 306 cm³/mol. The van der Waals surface area contributed by atoms with Gasteiger partial charge in [0.25, 0.3) is 26.1 Å². The number of imidazole rings is 4. The number of aryl methyl sites for hydroxylation is 1. The van der Waals surface area contributed by atoms with E-state index >= 15 is 0 Å². The van der Waals surface area contributed by atoms with Crippen molar-refractivity contribution in [2.24, 2.45) is 0 Å². The average molecular weight is 1380 g/mol. The SMILES string of the molecule is [B][P@@]1(=O)OCC2OC(n3cnc4c(=O)[nH]c(C)nc43)C(OP(O)(=S)OCC34COC(C(n5cnc6c(N)ncnc65)O3)C4O1)C2O.[B][P@@]1(=O)OCC2OC(n3cnc4c(=O)[nH]c(N)nc43)C(OP(=O)(O)OCC34COC(C(n5cnc6c(N)ncnc65)O3)C4O1)C2O. The van der Waals surface area contributed by atoms with Crippen molar-refractivity contribution in [1.82, 2.24) is 78.1 Å². The van der Waals surface area contributed by atoms with Gasteiger partial charge in [-0.3, -0.25) is 55.5 Å². The first-order valence-corrected chi connectivity index (χ1v) is 34.5. The summed E-state index contributed by atoms with van der Waals surface area (Å²) in [6.07, 6.45) is -10.2. The van der Waals surface area contributed by atoms with Crippen LogP contribution in [-0.4, -0.2) is 225 Å². The molecule has 16 rings (SSSR count). The monoisotopic (exact) mass is 1380 g/mol. The zero-order valence-corrected chi connectivity index (χ0v) is 51.1. The van der Waals surface area contributed by atoms with Crippen LogP contribution in [0.3, 0.4) is 0 Å². The highest BCUT2D eigenvalue weighted by atomic mass is 32.5. The lowest BCUT2D eigenvalue weighted by Gasteiger charge is -2.33. The number of hydrogen-bond donors (Lipinski definition) is 9. The lowest BCUT2D eigenvalue weighted by atomic mass is 10.0. The Kier molecular flexibility index (Phi) is 15.0. The molecule has 8 saturated heterocycles. The van der Waals surface area contributed by atoms with Gasteiger partial charge in [0.05, 0.1) is 65.0 Å². The van der Waals surface area contributed by atoms with Crippen molar-refractivity contribution >= 4 is 119 Å². The van der Waals surface area contributed by atoms with E-state index in [-0.39, 0.29) is 70.1 Å². The van der Waals surface area contributed by atoms with Crippen LogP contribution in [0.5, 0.6) is 0 Å². The first kappa shape index (κ1) is 62.1. The van der Waals surface area contributed by atoms with E-state index in [0.29, 0.717) is 11.2 Å². The molecule has 484 valence electrons. The van der Waals surface area contributed by atoms with Crippen LogP contribution in [-0.2, 0) is 90.1 Å². The summed E-state index contributed by atoms with van der Waals surface area (Å²) in [6, 6.07) is 0. The van der Waals surface area contributed by atoms with Gasteiger partial charge in [0, 0.05) is 0 Å². The highest BCUT2D eigenvalue weighted by Crippen LogP contribution is 2.60. The molecule has 8 bridgehead atoms. The Bertz CT molecular complexity index is 4340. The zero-order valence-electron chi connectivity index (χ0n) is 46.7. The summed E-state index contributed by atoms with van der Waals surface area (Å²) in [5, 5.41) is 22.4. The molecular formula is C43H47B2N19O23P4S. The average Bonchev–Trinajstić information content (AvgIpc) is 1.57. The summed E-state index contributed by atoms with van der Waals surface area (Å²) in [6.45, 7) is -5.40. The van der Waals surface area contributed by atoms with E-state index in [9.17, 15) is 43.3 Å². The number of fused-ring (bicyclic) bond motifs is 8. The minimum atomic E-state index is -5.07. The van der Waals surface area contributed by atoms with Gasteiger partial charge in [-0.2, -0.15) is 4.98 Å². The van der Waals surface area contributed by atoms with Crippen molar-refractivity contribution in [2.45, 2.75) is 104 Å². The van der Waals surface area contributed by atoms with E-state index < -0.39 is 164 Å². The van der Waals surface area contributed by atoms with E-state index in [0.717, 1.165) is 6.33 Å². The van der Waals surface area contributed by atoms with Gasteiger partial charge in [-0.25, -0.2) is 49.4 Å². The van der Waals surface area contributed by atoms with Gasteiger partial charge in [0.15, 0.2) is 70.2 Å². The highest BCUT2D eigenvalue weighted by molar-refractivity contribution is 8.07. The third-order valence-corrected chi connectivity index (χ3v) is 20.8. The van der Waals surface area contributed by atoms with Crippen molar-refractivity contribution < 1.29 is 98.3 Å². The Labute approximate surface area is 518 Å². The molecule has 8 aromatic rings.